The summed E-state index contributed by atoms with van der Waals surface area (Å²) in [4.78, 5) is 23.8. The second kappa shape index (κ2) is 8.24. The molecule has 0 saturated carbocycles. The van der Waals surface area contributed by atoms with Crippen molar-refractivity contribution in [1.29, 1.82) is 0 Å². The van der Waals surface area contributed by atoms with Crippen LogP contribution in [-0.2, 0) is 11.2 Å². The molecule has 0 bridgehead atoms. The third kappa shape index (κ3) is 5.50. The fraction of sp³-hybridized carbons (Fsp3) is 0.263. The average Bonchev–Trinajstić information content (AvgIpc) is 2.55. The second-order valence-electron chi connectivity index (χ2n) is 6.03. The number of amides is 2. The topological polar surface area (TPSA) is 58.2 Å². The van der Waals surface area contributed by atoms with Gasteiger partial charge < -0.3 is 10.6 Å². The van der Waals surface area contributed by atoms with Crippen LogP contribution in [0.15, 0.2) is 48.5 Å². The first kappa shape index (κ1) is 17.7. The Bertz CT molecular complexity index is 694. The Morgan fingerprint density at radius 2 is 1.62 bits per heavy atom. The third-order valence-corrected chi connectivity index (χ3v) is 3.40. The summed E-state index contributed by atoms with van der Waals surface area (Å²) < 4.78 is 12.8. The molecule has 5 heteroatoms. The highest BCUT2D eigenvalue weighted by Crippen LogP contribution is 2.10. The first-order chi connectivity index (χ1) is 11.4. The number of nitrogens with one attached hydrogen (secondary N) is 2. The van der Waals surface area contributed by atoms with Gasteiger partial charge in [-0.05, 0) is 54.3 Å². The molecule has 2 amide bonds. The van der Waals surface area contributed by atoms with Crippen LogP contribution in [-0.4, -0.2) is 18.4 Å². The van der Waals surface area contributed by atoms with E-state index in [1.165, 1.54) is 29.8 Å². The molecule has 2 N–H and O–H groups in total. The third-order valence-electron chi connectivity index (χ3n) is 3.40. The maximum atomic E-state index is 12.8. The summed E-state index contributed by atoms with van der Waals surface area (Å²) in [7, 11) is 0. The molecular formula is C19H21FN2O2. The molecule has 0 saturated heterocycles. The molecule has 0 aliphatic carbocycles. The highest BCUT2D eigenvalue weighted by Gasteiger charge is 2.09. The highest BCUT2D eigenvalue weighted by atomic mass is 19.1. The van der Waals surface area contributed by atoms with Crippen LogP contribution in [0.5, 0.6) is 0 Å². The maximum Gasteiger partial charge on any atom is 0.251 e. The number of hydrogen-bond donors (Lipinski definition) is 2. The molecule has 2 rings (SSSR count). The van der Waals surface area contributed by atoms with Crippen LogP contribution in [0.3, 0.4) is 0 Å². The van der Waals surface area contributed by atoms with Gasteiger partial charge in [0.05, 0.1) is 6.54 Å². The van der Waals surface area contributed by atoms with Crippen molar-refractivity contribution in [1.82, 2.24) is 5.32 Å². The summed E-state index contributed by atoms with van der Waals surface area (Å²) in [6.45, 7) is 4.13. The lowest BCUT2D eigenvalue weighted by Gasteiger charge is -2.08. The Morgan fingerprint density at radius 1 is 1.00 bits per heavy atom. The number of benzene rings is 2. The van der Waals surface area contributed by atoms with Gasteiger partial charge in [0.1, 0.15) is 5.82 Å². The van der Waals surface area contributed by atoms with Gasteiger partial charge in [-0.2, -0.15) is 0 Å². The number of halogens is 1. The number of carbonyl (C=O) groups excluding carboxylic acids is 2. The summed E-state index contributed by atoms with van der Waals surface area (Å²) in [5, 5.41) is 5.15. The number of rotatable bonds is 6. The number of hydrogen-bond acceptors (Lipinski definition) is 2. The smallest absolute Gasteiger partial charge is 0.251 e. The van der Waals surface area contributed by atoms with E-state index in [0.717, 1.165) is 6.42 Å². The Morgan fingerprint density at radius 3 is 2.21 bits per heavy atom. The Hall–Kier alpha value is -2.69. The molecule has 0 aliphatic heterocycles. The van der Waals surface area contributed by atoms with Crippen LogP contribution in [0.2, 0.25) is 0 Å². The van der Waals surface area contributed by atoms with Gasteiger partial charge in [-0.3, -0.25) is 9.59 Å². The fourth-order valence-electron chi connectivity index (χ4n) is 2.26. The predicted octanol–water partition coefficient (Wildman–Crippen LogP) is 3.39. The van der Waals surface area contributed by atoms with E-state index in [1.807, 2.05) is 12.1 Å². The number of carbonyl (C=O) groups is 2. The molecule has 0 heterocycles. The van der Waals surface area contributed by atoms with Gasteiger partial charge in [0.25, 0.3) is 5.91 Å². The zero-order chi connectivity index (χ0) is 17.5. The van der Waals surface area contributed by atoms with E-state index < -0.39 is 0 Å². The molecule has 0 aromatic heterocycles. The van der Waals surface area contributed by atoms with E-state index >= 15 is 0 Å². The van der Waals surface area contributed by atoms with E-state index in [2.05, 4.69) is 24.5 Å². The molecule has 2 aromatic rings. The minimum Gasteiger partial charge on any atom is -0.343 e. The van der Waals surface area contributed by atoms with Gasteiger partial charge in [-0.25, -0.2) is 4.39 Å². The highest BCUT2D eigenvalue weighted by molar-refractivity contribution is 5.99. The van der Waals surface area contributed by atoms with Crippen LogP contribution in [0.1, 0.15) is 29.8 Å². The van der Waals surface area contributed by atoms with Gasteiger partial charge in [-0.15, -0.1) is 0 Å². The summed E-state index contributed by atoms with van der Waals surface area (Å²) in [5.74, 6) is -0.492. The first-order valence-corrected chi connectivity index (χ1v) is 7.86. The molecule has 24 heavy (non-hydrogen) atoms. The molecular weight excluding hydrogens is 307 g/mol. The summed E-state index contributed by atoms with van der Waals surface area (Å²) >= 11 is 0. The van der Waals surface area contributed by atoms with Crippen LogP contribution in [0.25, 0.3) is 0 Å². The molecule has 0 radical (unpaired) electrons. The Labute approximate surface area is 141 Å². The molecule has 0 fully saturated rings. The lowest BCUT2D eigenvalue weighted by atomic mass is 10.0. The van der Waals surface area contributed by atoms with E-state index in [0.29, 0.717) is 17.2 Å². The minimum absolute atomic E-state index is 0.149. The van der Waals surface area contributed by atoms with Crippen molar-refractivity contribution >= 4 is 17.5 Å². The van der Waals surface area contributed by atoms with Crippen LogP contribution in [0, 0.1) is 11.7 Å². The van der Waals surface area contributed by atoms with Crippen molar-refractivity contribution in [3.63, 3.8) is 0 Å². The van der Waals surface area contributed by atoms with Crippen molar-refractivity contribution < 1.29 is 14.0 Å². The van der Waals surface area contributed by atoms with Crippen LogP contribution in [0.4, 0.5) is 10.1 Å². The summed E-state index contributed by atoms with van der Waals surface area (Å²) in [6.07, 6.45) is 0.960. The van der Waals surface area contributed by atoms with Crippen LogP contribution < -0.4 is 10.6 Å². The SMILES string of the molecule is CC(C)Cc1ccc(C(=O)NCC(=O)Nc2ccc(F)cc2)cc1. The lowest BCUT2D eigenvalue weighted by molar-refractivity contribution is -0.115. The standard InChI is InChI=1S/C19H21FN2O2/c1-13(2)11-14-3-5-15(6-4-14)19(24)21-12-18(23)22-17-9-7-16(20)8-10-17/h3-10,13H,11-12H2,1-2H3,(H,21,24)(H,22,23). The Balaban J connectivity index is 1.83. The largest absolute Gasteiger partial charge is 0.343 e. The first-order valence-electron chi connectivity index (χ1n) is 7.86. The predicted molar refractivity (Wildman–Crippen MR) is 92.3 cm³/mol. The van der Waals surface area contributed by atoms with Crippen molar-refractivity contribution in [2.24, 2.45) is 5.92 Å². The van der Waals surface area contributed by atoms with Gasteiger partial charge in [0.15, 0.2) is 0 Å². The zero-order valence-corrected chi connectivity index (χ0v) is 13.8. The van der Waals surface area contributed by atoms with Crippen molar-refractivity contribution in [3.8, 4) is 0 Å². The van der Waals surface area contributed by atoms with Gasteiger partial charge in [-0.1, -0.05) is 26.0 Å². The van der Waals surface area contributed by atoms with Crippen LogP contribution >= 0.6 is 0 Å². The molecule has 2 aromatic carbocycles. The normalized spacial score (nSPS) is 10.5. The molecule has 0 spiro atoms. The van der Waals surface area contributed by atoms with Crippen molar-refractivity contribution in [2.75, 3.05) is 11.9 Å². The van der Waals surface area contributed by atoms with E-state index in [9.17, 15) is 14.0 Å². The Kier molecular flexibility index (Phi) is 6.07. The quantitative estimate of drug-likeness (QED) is 0.854. The zero-order valence-electron chi connectivity index (χ0n) is 13.8. The van der Waals surface area contributed by atoms with E-state index in [-0.39, 0.29) is 24.2 Å². The number of anilines is 1. The van der Waals surface area contributed by atoms with Gasteiger partial charge in [0.2, 0.25) is 5.91 Å². The maximum absolute atomic E-state index is 12.8. The molecule has 0 aliphatic rings. The molecule has 0 atom stereocenters. The fourth-order valence-corrected chi connectivity index (χ4v) is 2.26. The minimum atomic E-state index is -0.373. The van der Waals surface area contributed by atoms with Crippen molar-refractivity contribution in [2.45, 2.75) is 20.3 Å². The molecule has 126 valence electrons. The van der Waals surface area contributed by atoms with Gasteiger partial charge >= 0.3 is 0 Å². The average molecular weight is 328 g/mol. The summed E-state index contributed by atoms with van der Waals surface area (Å²) in [6, 6.07) is 12.8. The lowest BCUT2D eigenvalue weighted by Crippen LogP contribution is -2.32. The van der Waals surface area contributed by atoms with E-state index in [1.54, 1.807) is 12.1 Å². The molecule has 4 nitrogen and oxygen atoms in total. The van der Waals surface area contributed by atoms with E-state index in [4.69, 9.17) is 0 Å². The molecule has 0 unspecified atom stereocenters. The van der Waals surface area contributed by atoms with Gasteiger partial charge in [0, 0.05) is 11.3 Å². The van der Waals surface area contributed by atoms with Crippen molar-refractivity contribution in [3.05, 3.63) is 65.5 Å². The monoisotopic (exact) mass is 328 g/mol. The summed E-state index contributed by atoms with van der Waals surface area (Å²) in [5.41, 5.74) is 2.17. The second-order valence-corrected chi connectivity index (χ2v) is 6.03.